The molecule has 0 radical (unpaired) electrons. The third-order valence-electron chi connectivity index (χ3n) is 8.86. The smallest absolute Gasteiger partial charge is 0.258 e. The molecule has 7 heteroatoms. The maximum absolute atomic E-state index is 13.9. The predicted octanol–water partition coefficient (Wildman–Crippen LogP) is 2.78. The molecule has 1 amide bonds. The van der Waals surface area contributed by atoms with Gasteiger partial charge < -0.3 is 14.2 Å². The van der Waals surface area contributed by atoms with Crippen LogP contribution < -0.4 is 5.56 Å². The Morgan fingerprint density at radius 1 is 0.944 bits per heavy atom. The van der Waals surface area contributed by atoms with Crippen molar-refractivity contribution in [3.63, 3.8) is 0 Å². The predicted molar refractivity (Wildman–Crippen MR) is 140 cm³/mol. The van der Waals surface area contributed by atoms with E-state index in [1.54, 1.807) is 6.92 Å². The summed E-state index contributed by atoms with van der Waals surface area (Å²) in [5.74, 6) is 1.12. The average molecular weight is 491 g/mol. The molecule has 0 aliphatic carbocycles. The van der Waals surface area contributed by atoms with Gasteiger partial charge in [-0.1, -0.05) is 24.3 Å². The number of morpholine rings is 1. The fourth-order valence-corrected chi connectivity index (χ4v) is 6.95. The molecule has 5 heterocycles. The Kier molecular flexibility index (Phi) is 6.71. The lowest BCUT2D eigenvalue weighted by Crippen LogP contribution is -2.53. The SMILES string of the molecule is CC(=O)N1CCC(N2C[C@H]3C[C@@H](C2)c2ccc(-c4ccccc4CN4CCOCC4)c(=O)n2C3)CC1. The van der Waals surface area contributed by atoms with Gasteiger partial charge in [0.05, 0.1) is 13.2 Å². The van der Waals surface area contributed by atoms with Crippen molar-refractivity contribution in [1.29, 1.82) is 0 Å². The van der Waals surface area contributed by atoms with E-state index in [0.717, 1.165) is 89.5 Å². The fourth-order valence-electron chi connectivity index (χ4n) is 6.95. The van der Waals surface area contributed by atoms with Crippen LogP contribution in [-0.2, 0) is 22.6 Å². The molecule has 0 saturated carbocycles. The normalized spacial score (nSPS) is 25.5. The molecule has 2 bridgehead atoms. The number of benzene rings is 1. The summed E-state index contributed by atoms with van der Waals surface area (Å²) in [4.78, 5) is 32.6. The van der Waals surface area contributed by atoms with E-state index >= 15 is 0 Å². The van der Waals surface area contributed by atoms with Crippen molar-refractivity contribution in [1.82, 2.24) is 19.3 Å². The minimum Gasteiger partial charge on any atom is -0.379 e. The van der Waals surface area contributed by atoms with Crippen molar-refractivity contribution in [2.45, 2.75) is 51.2 Å². The van der Waals surface area contributed by atoms with E-state index in [-0.39, 0.29) is 11.5 Å². The number of hydrogen-bond donors (Lipinski definition) is 0. The largest absolute Gasteiger partial charge is 0.379 e. The van der Waals surface area contributed by atoms with Crippen LogP contribution in [0, 0.1) is 5.92 Å². The van der Waals surface area contributed by atoms with Gasteiger partial charge in [-0.25, -0.2) is 0 Å². The summed E-state index contributed by atoms with van der Waals surface area (Å²) in [7, 11) is 0. The van der Waals surface area contributed by atoms with Gasteiger partial charge in [-0.15, -0.1) is 0 Å². The summed E-state index contributed by atoms with van der Waals surface area (Å²) < 4.78 is 7.61. The molecule has 4 aliphatic rings. The first-order valence-electron chi connectivity index (χ1n) is 13.7. The summed E-state index contributed by atoms with van der Waals surface area (Å²) in [5, 5.41) is 0. The number of hydrogen-bond acceptors (Lipinski definition) is 5. The minimum atomic E-state index is 0.167. The molecule has 192 valence electrons. The molecule has 2 atom stereocenters. The lowest BCUT2D eigenvalue weighted by molar-refractivity contribution is -0.130. The first-order valence-corrected chi connectivity index (χ1v) is 13.7. The Hall–Kier alpha value is -2.48. The molecule has 3 saturated heterocycles. The number of carbonyl (C=O) groups excluding carboxylic acids is 1. The number of carbonyl (C=O) groups is 1. The van der Waals surface area contributed by atoms with Crippen molar-refractivity contribution in [3.8, 4) is 11.1 Å². The monoisotopic (exact) mass is 490 g/mol. The van der Waals surface area contributed by atoms with Gasteiger partial charge in [0.1, 0.15) is 0 Å². The average Bonchev–Trinajstić information content (AvgIpc) is 2.90. The molecule has 0 N–H and O–H groups in total. The quantitative estimate of drug-likeness (QED) is 0.660. The molecule has 3 fully saturated rings. The van der Waals surface area contributed by atoms with E-state index in [1.807, 2.05) is 11.0 Å². The second-order valence-electron chi connectivity index (χ2n) is 11.1. The topological polar surface area (TPSA) is 58.0 Å². The van der Waals surface area contributed by atoms with E-state index in [4.69, 9.17) is 4.74 Å². The number of likely N-dealkylation sites (tertiary alicyclic amines) is 2. The minimum absolute atomic E-state index is 0.167. The Morgan fingerprint density at radius 3 is 2.50 bits per heavy atom. The second kappa shape index (κ2) is 10.1. The van der Waals surface area contributed by atoms with Gasteiger partial charge in [0.2, 0.25) is 5.91 Å². The van der Waals surface area contributed by atoms with E-state index in [0.29, 0.717) is 17.9 Å². The molecule has 1 aromatic heterocycles. The van der Waals surface area contributed by atoms with Crippen LogP contribution in [-0.4, -0.2) is 83.7 Å². The first kappa shape index (κ1) is 23.9. The maximum atomic E-state index is 13.9. The van der Waals surface area contributed by atoms with Gasteiger partial charge in [0.25, 0.3) is 5.56 Å². The standard InChI is InChI=1S/C29H38N4O3/c1-21(34)31-10-8-25(9-11-31)32-17-22-16-24(20-32)28-7-6-27(29(35)33(28)18-22)26-5-3-2-4-23(26)19-30-12-14-36-15-13-30/h2-7,22,24-25H,8-20H2,1H3/t22-,24+/m1/s1. The van der Waals surface area contributed by atoms with Crippen molar-refractivity contribution < 1.29 is 9.53 Å². The third-order valence-corrected chi connectivity index (χ3v) is 8.86. The molecule has 2 aromatic rings. The zero-order chi connectivity index (χ0) is 24.6. The molecule has 1 aromatic carbocycles. The Balaban J connectivity index is 1.23. The Morgan fingerprint density at radius 2 is 1.72 bits per heavy atom. The number of pyridine rings is 1. The van der Waals surface area contributed by atoms with Crippen molar-refractivity contribution in [2.75, 3.05) is 52.5 Å². The van der Waals surface area contributed by atoms with Crippen LogP contribution in [0.5, 0.6) is 0 Å². The van der Waals surface area contributed by atoms with Crippen LogP contribution in [0.1, 0.15) is 43.4 Å². The van der Waals surface area contributed by atoms with Gasteiger partial charge >= 0.3 is 0 Å². The van der Waals surface area contributed by atoms with E-state index < -0.39 is 0 Å². The highest BCUT2D eigenvalue weighted by Gasteiger charge is 2.38. The number of fused-ring (bicyclic) bond motifs is 4. The highest BCUT2D eigenvalue weighted by Crippen LogP contribution is 2.38. The zero-order valence-corrected chi connectivity index (χ0v) is 21.4. The highest BCUT2D eigenvalue weighted by molar-refractivity contribution is 5.73. The van der Waals surface area contributed by atoms with Crippen molar-refractivity contribution in [3.05, 3.63) is 58.0 Å². The van der Waals surface area contributed by atoms with Crippen LogP contribution in [0.3, 0.4) is 0 Å². The summed E-state index contributed by atoms with van der Waals surface area (Å²) in [6, 6.07) is 13.3. The maximum Gasteiger partial charge on any atom is 0.258 e. The number of ether oxygens (including phenoxy) is 1. The van der Waals surface area contributed by atoms with Crippen LogP contribution >= 0.6 is 0 Å². The number of piperidine rings is 2. The highest BCUT2D eigenvalue weighted by atomic mass is 16.5. The summed E-state index contributed by atoms with van der Waals surface area (Å²) in [6.07, 6.45) is 3.30. The van der Waals surface area contributed by atoms with Crippen LogP contribution in [0.4, 0.5) is 0 Å². The molecule has 6 rings (SSSR count). The lowest BCUT2D eigenvalue weighted by atomic mass is 9.81. The van der Waals surface area contributed by atoms with Crippen LogP contribution in [0.2, 0.25) is 0 Å². The van der Waals surface area contributed by atoms with Crippen molar-refractivity contribution >= 4 is 5.91 Å². The summed E-state index contributed by atoms with van der Waals surface area (Å²) >= 11 is 0. The fraction of sp³-hybridized carbons (Fsp3) is 0.586. The Labute approximate surface area is 213 Å². The molecule has 7 nitrogen and oxygen atoms in total. The lowest BCUT2D eigenvalue weighted by Gasteiger charge is -2.47. The molecule has 36 heavy (non-hydrogen) atoms. The summed E-state index contributed by atoms with van der Waals surface area (Å²) in [5.41, 5.74) is 4.49. The number of aromatic nitrogens is 1. The molecule has 0 spiro atoms. The van der Waals surface area contributed by atoms with Crippen LogP contribution in [0.15, 0.2) is 41.2 Å². The molecule has 4 aliphatic heterocycles. The Bertz CT molecular complexity index is 1160. The first-order chi connectivity index (χ1) is 17.6. The van der Waals surface area contributed by atoms with E-state index in [1.165, 1.54) is 17.7 Å². The van der Waals surface area contributed by atoms with Gasteiger partial charge in [-0.3, -0.25) is 19.4 Å². The van der Waals surface area contributed by atoms with Gasteiger partial charge in [0.15, 0.2) is 0 Å². The van der Waals surface area contributed by atoms with Gasteiger partial charge in [-0.05, 0) is 48.4 Å². The number of amides is 1. The van der Waals surface area contributed by atoms with E-state index in [2.05, 4.69) is 44.7 Å². The number of nitrogens with zero attached hydrogens (tertiary/aromatic N) is 4. The van der Waals surface area contributed by atoms with E-state index in [9.17, 15) is 9.59 Å². The second-order valence-corrected chi connectivity index (χ2v) is 11.1. The molecular weight excluding hydrogens is 452 g/mol. The zero-order valence-electron chi connectivity index (χ0n) is 21.4. The number of rotatable bonds is 4. The van der Waals surface area contributed by atoms with Gasteiger partial charge in [-0.2, -0.15) is 0 Å². The van der Waals surface area contributed by atoms with Crippen LogP contribution in [0.25, 0.3) is 11.1 Å². The molecular formula is C29H38N4O3. The molecule has 0 unspecified atom stereocenters. The van der Waals surface area contributed by atoms with Crippen molar-refractivity contribution in [2.24, 2.45) is 5.92 Å². The third kappa shape index (κ3) is 4.64. The summed E-state index contributed by atoms with van der Waals surface area (Å²) in [6.45, 7) is 10.6. The van der Waals surface area contributed by atoms with Gasteiger partial charge in [0, 0.05) is 82.5 Å².